The summed E-state index contributed by atoms with van der Waals surface area (Å²) < 4.78 is 34.4. The van der Waals surface area contributed by atoms with Crippen LogP contribution in [0.3, 0.4) is 0 Å². The van der Waals surface area contributed by atoms with Crippen LogP contribution in [-0.4, -0.2) is 53.0 Å². The molecule has 1 aromatic rings. The van der Waals surface area contributed by atoms with Crippen molar-refractivity contribution in [1.82, 2.24) is 4.31 Å². The highest BCUT2D eigenvalue weighted by atomic mass is 32.2. The van der Waals surface area contributed by atoms with Gasteiger partial charge in [0.1, 0.15) is 4.88 Å². The molecule has 0 aliphatic rings. The normalized spacial score (nSPS) is 11.5. The molecule has 0 unspecified atom stereocenters. The molecular formula is C11H15NO6S2. The van der Waals surface area contributed by atoms with Crippen LogP contribution in [0.5, 0.6) is 0 Å². The van der Waals surface area contributed by atoms with Crippen molar-refractivity contribution in [2.75, 3.05) is 28.3 Å². The minimum absolute atomic E-state index is 0.0633. The summed E-state index contributed by atoms with van der Waals surface area (Å²) in [4.78, 5) is 23.5. The Balaban J connectivity index is 3.68. The van der Waals surface area contributed by atoms with E-state index >= 15 is 0 Å². The highest BCUT2D eigenvalue weighted by Gasteiger charge is 2.33. The minimum Gasteiger partial charge on any atom is -0.465 e. The van der Waals surface area contributed by atoms with Gasteiger partial charge in [-0.15, -0.1) is 11.3 Å². The van der Waals surface area contributed by atoms with E-state index in [0.29, 0.717) is 11.3 Å². The standard InChI is InChI=1S/C11H15NO6S2/c1-6-7(9(13)17-4)11(20(15,16)12(2)3)19-8(6)10(14)18-5/h1-5H3. The smallest absolute Gasteiger partial charge is 0.348 e. The average molecular weight is 321 g/mol. The molecule has 0 saturated heterocycles. The molecule has 0 saturated carbocycles. The molecule has 1 aromatic heterocycles. The van der Waals surface area contributed by atoms with Crippen LogP contribution in [0.15, 0.2) is 4.21 Å². The average Bonchev–Trinajstić information content (AvgIpc) is 2.75. The van der Waals surface area contributed by atoms with Gasteiger partial charge in [-0.2, -0.15) is 0 Å². The second-order valence-electron chi connectivity index (χ2n) is 3.99. The Morgan fingerprint density at radius 3 is 2.00 bits per heavy atom. The lowest BCUT2D eigenvalue weighted by molar-refractivity contribution is 0.0596. The maximum absolute atomic E-state index is 12.2. The highest BCUT2D eigenvalue weighted by molar-refractivity contribution is 7.91. The number of hydrogen-bond acceptors (Lipinski definition) is 7. The third-order valence-corrected chi connectivity index (χ3v) is 6.17. The lowest BCUT2D eigenvalue weighted by Gasteiger charge is -2.10. The SMILES string of the molecule is COC(=O)c1sc(S(=O)(=O)N(C)C)c(C(=O)OC)c1C. The molecule has 112 valence electrons. The van der Waals surface area contributed by atoms with Gasteiger partial charge in [-0.05, 0) is 12.5 Å². The molecule has 0 N–H and O–H groups in total. The molecule has 7 nitrogen and oxygen atoms in total. The predicted molar refractivity (Wildman–Crippen MR) is 72.6 cm³/mol. The number of carbonyl (C=O) groups excluding carboxylic acids is 2. The Morgan fingerprint density at radius 2 is 1.60 bits per heavy atom. The Morgan fingerprint density at radius 1 is 1.10 bits per heavy atom. The summed E-state index contributed by atoms with van der Waals surface area (Å²) in [6.45, 7) is 1.48. The number of hydrogen-bond donors (Lipinski definition) is 0. The van der Waals surface area contributed by atoms with Crippen molar-refractivity contribution >= 4 is 33.3 Å². The van der Waals surface area contributed by atoms with Gasteiger partial charge in [0, 0.05) is 14.1 Å². The molecular weight excluding hydrogens is 306 g/mol. The van der Waals surface area contributed by atoms with Crippen LogP contribution in [-0.2, 0) is 19.5 Å². The first-order valence-corrected chi connectivity index (χ1v) is 7.66. The van der Waals surface area contributed by atoms with Crippen molar-refractivity contribution in [3.05, 3.63) is 16.0 Å². The predicted octanol–water partition coefficient (Wildman–Crippen LogP) is 0.880. The quantitative estimate of drug-likeness (QED) is 0.765. The zero-order valence-corrected chi connectivity index (χ0v) is 13.3. The number of nitrogens with zero attached hydrogens (tertiary/aromatic N) is 1. The van der Waals surface area contributed by atoms with E-state index < -0.39 is 22.0 Å². The molecule has 0 spiro atoms. The second-order valence-corrected chi connectivity index (χ2v) is 7.36. The van der Waals surface area contributed by atoms with E-state index in [1.54, 1.807) is 0 Å². The maximum atomic E-state index is 12.2. The molecule has 0 radical (unpaired) electrons. The number of sulfonamides is 1. The van der Waals surface area contributed by atoms with Crippen LogP contribution in [0.4, 0.5) is 0 Å². The number of methoxy groups -OCH3 is 2. The number of rotatable bonds is 4. The van der Waals surface area contributed by atoms with Gasteiger partial charge in [-0.3, -0.25) is 0 Å². The van der Waals surface area contributed by atoms with E-state index in [4.69, 9.17) is 0 Å². The summed E-state index contributed by atoms with van der Waals surface area (Å²) in [5, 5.41) is 0. The molecule has 0 atom stereocenters. The number of esters is 2. The topological polar surface area (TPSA) is 90.0 Å². The van der Waals surface area contributed by atoms with Crippen molar-refractivity contribution in [2.24, 2.45) is 0 Å². The summed E-state index contributed by atoms with van der Waals surface area (Å²) in [6.07, 6.45) is 0. The zero-order chi connectivity index (χ0) is 15.7. The second kappa shape index (κ2) is 5.90. The van der Waals surface area contributed by atoms with Gasteiger partial charge in [-0.25, -0.2) is 22.3 Å². The van der Waals surface area contributed by atoms with E-state index in [-0.39, 0.29) is 20.2 Å². The molecule has 1 heterocycles. The molecule has 20 heavy (non-hydrogen) atoms. The van der Waals surface area contributed by atoms with Crippen LogP contribution in [0.1, 0.15) is 25.6 Å². The lowest BCUT2D eigenvalue weighted by atomic mass is 10.2. The lowest BCUT2D eigenvalue weighted by Crippen LogP contribution is -2.23. The summed E-state index contributed by atoms with van der Waals surface area (Å²) in [5.41, 5.74) is 0.0979. The molecule has 0 aromatic carbocycles. The highest BCUT2D eigenvalue weighted by Crippen LogP contribution is 2.34. The Hall–Kier alpha value is -1.45. The first kappa shape index (κ1) is 16.6. The molecule has 0 amide bonds. The Kier molecular flexibility index (Phi) is 4.90. The van der Waals surface area contributed by atoms with Crippen LogP contribution in [0.2, 0.25) is 0 Å². The summed E-state index contributed by atoms with van der Waals surface area (Å²) in [6, 6.07) is 0. The van der Waals surface area contributed by atoms with Crippen LogP contribution >= 0.6 is 11.3 Å². The molecule has 0 aliphatic carbocycles. The van der Waals surface area contributed by atoms with Gasteiger partial charge in [0.25, 0.3) is 10.0 Å². The summed E-state index contributed by atoms with van der Waals surface area (Å²) in [7, 11) is 1.13. The van der Waals surface area contributed by atoms with Crippen molar-refractivity contribution in [2.45, 2.75) is 11.1 Å². The van der Waals surface area contributed by atoms with Crippen molar-refractivity contribution in [3.8, 4) is 0 Å². The van der Waals surface area contributed by atoms with Crippen molar-refractivity contribution in [1.29, 1.82) is 0 Å². The van der Waals surface area contributed by atoms with Crippen LogP contribution in [0, 0.1) is 6.92 Å². The van der Waals surface area contributed by atoms with Crippen LogP contribution < -0.4 is 0 Å². The fourth-order valence-electron chi connectivity index (χ4n) is 1.46. The van der Waals surface area contributed by atoms with Gasteiger partial charge in [-0.1, -0.05) is 0 Å². The van der Waals surface area contributed by atoms with Crippen molar-refractivity contribution in [3.63, 3.8) is 0 Å². The Bertz CT molecular complexity index is 644. The number of thiophene rings is 1. The van der Waals surface area contributed by atoms with Gasteiger partial charge < -0.3 is 9.47 Å². The minimum atomic E-state index is -3.86. The van der Waals surface area contributed by atoms with Crippen LogP contribution in [0.25, 0.3) is 0 Å². The maximum Gasteiger partial charge on any atom is 0.348 e. The first-order chi connectivity index (χ1) is 9.18. The third kappa shape index (κ3) is 2.69. The van der Waals surface area contributed by atoms with E-state index in [1.165, 1.54) is 28.1 Å². The zero-order valence-electron chi connectivity index (χ0n) is 11.7. The van der Waals surface area contributed by atoms with Gasteiger partial charge in [0.15, 0.2) is 4.21 Å². The molecule has 0 bridgehead atoms. The fraction of sp³-hybridized carbons (Fsp3) is 0.455. The van der Waals surface area contributed by atoms with Crippen molar-refractivity contribution < 1.29 is 27.5 Å². The summed E-state index contributed by atoms with van der Waals surface area (Å²) in [5.74, 6) is -1.51. The van der Waals surface area contributed by atoms with E-state index in [0.717, 1.165) is 11.4 Å². The molecule has 1 rings (SSSR count). The van der Waals surface area contributed by atoms with E-state index in [9.17, 15) is 18.0 Å². The largest absolute Gasteiger partial charge is 0.465 e. The third-order valence-electron chi connectivity index (χ3n) is 2.59. The number of carbonyl (C=O) groups is 2. The van der Waals surface area contributed by atoms with Gasteiger partial charge in [0.2, 0.25) is 0 Å². The first-order valence-electron chi connectivity index (χ1n) is 5.41. The summed E-state index contributed by atoms with van der Waals surface area (Å²) >= 11 is 0.693. The molecule has 0 fully saturated rings. The fourth-order valence-corrected chi connectivity index (χ4v) is 4.35. The molecule has 9 heteroatoms. The van der Waals surface area contributed by atoms with E-state index in [1.807, 2.05) is 0 Å². The molecule has 0 aliphatic heterocycles. The Labute approximate surface area is 121 Å². The van der Waals surface area contributed by atoms with E-state index in [2.05, 4.69) is 9.47 Å². The van der Waals surface area contributed by atoms with Gasteiger partial charge in [0.05, 0.1) is 19.8 Å². The van der Waals surface area contributed by atoms with Gasteiger partial charge >= 0.3 is 11.9 Å². The number of ether oxygens (including phenoxy) is 2. The monoisotopic (exact) mass is 321 g/mol.